The van der Waals surface area contributed by atoms with Crippen molar-refractivity contribution < 1.29 is 0 Å². The van der Waals surface area contributed by atoms with Crippen LogP contribution in [0.1, 0.15) is 41.3 Å². The molecule has 0 aliphatic carbocycles. The van der Waals surface area contributed by atoms with Crippen molar-refractivity contribution in [2.75, 3.05) is 13.1 Å². The summed E-state index contributed by atoms with van der Waals surface area (Å²) in [4.78, 5) is 0. The van der Waals surface area contributed by atoms with Crippen molar-refractivity contribution in [3.8, 4) is 11.1 Å². The molecule has 1 aromatic carbocycles. The quantitative estimate of drug-likeness (QED) is 0.876. The van der Waals surface area contributed by atoms with Gasteiger partial charge in [0.25, 0.3) is 0 Å². The smallest absolute Gasteiger partial charge is 0.0746 e. The Hall–Kier alpha value is -1.61. The summed E-state index contributed by atoms with van der Waals surface area (Å²) in [5.41, 5.74) is 7.69. The normalized spacial score (nSPS) is 19.2. The summed E-state index contributed by atoms with van der Waals surface area (Å²) in [6.45, 7) is 8.64. The first-order valence-corrected chi connectivity index (χ1v) is 7.50. The second-order valence-electron chi connectivity index (χ2n) is 5.95. The van der Waals surface area contributed by atoms with Crippen molar-refractivity contribution >= 4 is 0 Å². The van der Waals surface area contributed by atoms with E-state index >= 15 is 0 Å². The van der Waals surface area contributed by atoms with Gasteiger partial charge in [-0.05, 0) is 56.8 Å². The van der Waals surface area contributed by atoms with Crippen molar-refractivity contribution in [1.29, 1.82) is 0 Å². The molecule has 0 radical (unpaired) electrons. The van der Waals surface area contributed by atoms with Crippen LogP contribution in [-0.4, -0.2) is 23.3 Å². The number of benzene rings is 1. The van der Waals surface area contributed by atoms with Gasteiger partial charge < -0.3 is 5.32 Å². The zero-order valence-corrected chi connectivity index (χ0v) is 12.6. The van der Waals surface area contributed by atoms with Crippen LogP contribution in [0.15, 0.2) is 18.2 Å². The Bertz CT molecular complexity index is 607. The Labute approximate surface area is 120 Å². The lowest BCUT2D eigenvalue weighted by atomic mass is 9.89. The second kappa shape index (κ2) is 5.41. The third kappa shape index (κ3) is 2.38. The lowest BCUT2D eigenvalue weighted by Gasteiger charge is -2.22. The molecule has 2 heterocycles. The van der Waals surface area contributed by atoms with Crippen molar-refractivity contribution in [2.24, 2.45) is 0 Å². The van der Waals surface area contributed by atoms with Crippen molar-refractivity contribution in [3.63, 3.8) is 0 Å². The van der Waals surface area contributed by atoms with Gasteiger partial charge in [-0.15, -0.1) is 0 Å². The Balaban J connectivity index is 2.03. The minimum absolute atomic E-state index is 0.533. The average Bonchev–Trinajstić information content (AvgIpc) is 2.85. The molecule has 1 saturated heterocycles. The van der Waals surface area contributed by atoms with Crippen LogP contribution >= 0.6 is 0 Å². The SMILES string of the molecule is Cc1ccc(-c2c(C3CCCNC3)n[nH]c2C)cc1C. The van der Waals surface area contributed by atoms with Gasteiger partial charge >= 0.3 is 0 Å². The molecule has 1 atom stereocenters. The molecule has 1 aromatic heterocycles. The molecule has 1 fully saturated rings. The second-order valence-corrected chi connectivity index (χ2v) is 5.95. The fraction of sp³-hybridized carbons (Fsp3) is 0.471. The molecule has 0 bridgehead atoms. The van der Waals surface area contributed by atoms with E-state index in [2.05, 4.69) is 54.5 Å². The number of aryl methyl sites for hydroxylation is 3. The fourth-order valence-electron chi connectivity index (χ4n) is 3.09. The average molecular weight is 269 g/mol. The van der Waals surface area contributed by atoms with E-state index < -0.39 is 0 Å². The molecular formula is C17H23N3. The summed E-state index contributed by atoms with van der Waals surface area (Å²) >= 11 is 0. The fourth-order valence-corrected chi connectivity index (χ4v) is 3.09. The first-order valence-electron chi connectivity index (χ1n) is 7.50. The van der Waals surface area contributed by atoms with Crippen molar-refractivity contribution in [2.45, 2.75) is 39.5 Å². The molecule has 3 heteroatoms. The maximum absolute atomic E-state index is 4.60. The Morgan fingerprint density at radius 2 is 2.00 bits per heavy atom. The molecule has 2 aromatic rings. The Morgan fingerprint density at radius 3 is 2.70 bits per heavy atom. The van der Waals surface area contributed by atoms with Crippen LogP contribution in [-0.2, 0) is 0 Å². The van der Waals surface area contributed by atoms with Crippen LogP contribution in [0.3, 0.4) is 0 Å². The van der Waals surface area contributed by atoms with E-state index in [1.807, 2.05) is 0 Å². The molecule has 0 spiro atoms. The predicted molar refractivity (Wildman–Crippen MR) is 83.1 cm³/mol. The highest BCUT2D eigenvalue weighted by atomic mass is 15.1. The topological polar surface area (TPSA) is 40.7 Å². The van der Waals surface area contributed by atoms with Gasteiger partial charge in [-0.25, -0.2) is 0 Å². The standard InChI is InChI=1S/C17H23N3/c1-11-6-7-14(9-12(11)2)16-13(3)19-20-17(16)15-5-4-8-18-10-15/h6-7,9,15,18H,4-5,8,10H2,1-3H3,(H,19,20). The monoisotopic (exact) mass is 269 g/mol. The lowest BCUT2D eigenvalue weighted by molar-refractivity contribution is 0.455. The number of H-pyrrole nitrogens is 1. The highest BCUT2D eigenvalue weighted by molar-refractivity contribution is 5.70. The largest absolute Gasteiger partial charge is 0.316 e. The minimum Gasteiger partial charge on any atom is -0.316 e. The van der Waals surface area contributed by atoms with E-state index in [9.17, 15) is 0 Å². The minimum atomic E-state index is 0.533. The molecule has 3 rings (SSSR count). The third-order valence-corrected chi connectivity index (χ3v) is 4.45. The van der Waals surface area contributed by atoms with Gasteiger partial charge in [0.1, 0.15) is 0 Å². The Morgan fingerprint density at radius 1 is 1.15 bits per heavy atom. The molecule has 20 heavy (non-hydrogen) atoms. The van der Waals surface area contributed by atoms with Crippen LogP contribution in [0.5, 0.6) is 0 Å². The third-order valence-electron chi connectivity index (χ3n) is 4.45. The van der Waals surface area contributed by atoms with Gasteiger partial charge in [-0.1, -0.05) is 18.2 Å². The van der Waals surface area contributed by atoms with Gasteiger partial charge in [0, 0.05) is 23.7 Å². The van der Waals surface area contributed by atoms with E-state index in [0.717, 1.165) is 13.1 Å². The number of hydrogen-bond donors (Lipinski definition) is 2. The molecule has 0 saturated carbocycles. The number of nitrogens with zero attached hydrogens (tertiary/aromatic N) is 1. The number of aromatic amines is 1. The summed E-state index contributed by atoms with van der Waals surface area (Å²) in [7, 11) is 0. The van der Waals surface area contributed by atoms with Gasteiger partial charge in [-0.3, -0.25) is 5.10 Å². The van der Waals surface area contributed by atoms with E-state index in [1.54, 1.807) is 0 Å². The van der Waals surface area contributed by atoms with Crippen molar-refractivity contribution in [3.05, 3.63) is 40.7 Å². The zero-order chi connectivity index (χ0) is 14.1. The van der Waals surface area contributed by atoms with Crippen LogP contribution in [0, 0.1) is 20.8 Å². The van der Waals surface area contributed by atoms with Gasteiger partial charge in [0.05, 0.1) is 5.69 Å². The van der Waals surface area contributed by atoms with E-state index in [1.165, 1.54) is 46.5 Å². The summed E-state index contributed by atoms with van der Waals surface area (Å²) in [5, 5.41) is 11.3. The first-order chi connectivity index (χ1) is 9.66. The van der Waals surface area contributed by atoms with Gasteiger partial charge in [0.2, 0.25) is 0 Å². The molecule has 0 amide bonds. The molecule has 2 N–H and O–H groups in total. The first kappa shape index (κ1) is 13.4. The summed E-state index contributed by atoms with van der Waals surface area (Å²) in [5.74, 6) is 0.533. The maximum Gasteiger partial charge on any atom is 0.0746 e. The van der Waals surface area contributed by atoms with Crippen LogP contribution in [0.25, 0.3) is 11.1 Å². The van der Waals surface area contributed by atoms with Crippen LogP contribution < -0.4 is 5.32 Å². The zero-order valence-electron chi connectivity index (χ0n) is 12.6. The van der Waals surface area contributed by atoms with E-state index in [-0.39, 0.29) is 0 Å². The number of piperidine rings is 1. The Kier molecular flexibility index (Phi) is 3.62. The van der Waals surface area contributed by atoms with Gasteiger partial charge in [-0.2, -0.15) is 5.10 Å². The lowest BCUT2D eigenvalue weighted by Crippen LogP contribution is -2.28. The number of nitrogens with one attached hydrogen (secondary N) is 2. The molecule has 3 nitrogen and oxygen atoms in total. The maximum atomic E-state index is 4.60. The summed E-state index contributed by atoms with van der Waals surface area (Å²) < 4.78 is 0. The van der Waals surface area contributed by atoms with Crippen LogP contribution in [0.2, 0.25) is 0 Å². The molecule has 106 valence electrons. The van der Waals surface area contributed by atoms with Crippen molar-refractivity contribution in [1.82, 2.24) is 15.5 Å². The molecular weight excluding hydrogens is 246 g/mol. The number of hydrogen-bond acceptors (Lipinski definition) is 2. The number of rotatable bonds is 2. The predicted octanol–water partition coefficient (Wildman–Crippen LogP) is 3.47. The highest BCUT2D eigenvalue weighted by Gasteiger charge is 2.23. The molecule has 1 aliphatic rings. The summed E-state index contributed by atoms with van der Waals surface area (Å²) in [6, 6.07) is 6.72. The van der Waals surface area contributed by atoms with Crippen LogP contribution in [0.4, 0.5) is 0 Å². The van der Waals surface area contributed by atoms with E-state index in [0.29, 0.717) is 5.92 Å². The highest BCUT2D eigenvalue weighted by Crippen LogP contribution is 2.34. The summed E-state index contributed by atoms with van der Waals surface area (Å²) in [6.07, 6.45) is 2.47. The van der Waals surface area contributed by atoms with E-state index in [4.69, 9.17) is 0 Å². The number of aromatic nitrogens is 2. The molecule has 1 unspecified atom stereocenters. The molecule has 1 aliphatic heterocycles. The van der Waals surface area contributed by atoms with Gasteiger partial charge in [0.15, 0.2) is 0 Å².